The maximum absolute atomic E-state index is 12.7. The Bertz CT molecular complexity index is 561. The van der Waals surface area contributed by atoms with Gasteiger partial charge in [0.05, 0.1) is 5.56 Å². The van der Waals surface area contributed by atoms with Crippen LogP contribution in [0.2, 0.25) is 0 Å². The second-order valence-corrected chi connectivity index (χ2v) is 7.86. The van der Waals surface area contributed by atoms with Crippen LogP contribution in [0.25, 0.3) is 0 Å². The first-order valence-electron chi connectivity index (χ1n) is 9.19. The van der Waals surface area contributed by atoms with Crippen LogP contribution in [0.3, 0.4) is 0 Å². The Balaban J connectivity index is 1.62. The van der Waals surface area contributed by atoms with Crippen LogP contribution in [0, 0.1) is 11.8 Å². The number of likely N-dealkylation sites (tertiary alicyclic amines) is 2. The minimum Gasteiger partial charge on any atom is -0.396 e. The quantitative estimate of drug-likeness (QED) is 0.634. The standard InChI is InChI=1S/C18H28N4O2S/c1-25-18-19-8-14(9-20-18)17(24)22-11-15(16(12-22)13-23)10-21-6-4-2-3-5-7-21/h8-9,15-16,23H,2-7,10-13H2,1H3/t15-,16-/m1/s1. The number of aliphatic hydroxyl groups is 1. The summed E-state index contributed by atoms with van der Waals surface area (Å²) in [5.41, 5.74) is 0.532. The Morgan fingerprint density at radius 3 is 2.40 bits per heavy atom. The lowest BCUT2D eigenvalue weighted by molar-refractivity contribution is 0.0778. The van der Waals surface area contributed by atoms with Crippen molar-refractivity contribution in [2.24, 2.45) is 11.8 Å². The molecule has 1 aromatic rings. The molecule has 138 valence electrons. The number of aliphatic hydroxyl groups excluding tert-OH is 1. The highest BCUT2D eigenvalue weighted by molar-refractivity contribution is 7.98. The van der Waals surface area contributed by atoms with Crippen molar-refractivity contribution >= 4 is 17.7 Å². The van der Waals surface area contributed by atoms with Gasteiger partial charge in [0.25, 0.3) is 5.91 Å². The number of hydrogen-bond acceptors (Lipinski definition) is 6. The van der Waals surface area contributed by atoms with Gasteiger partial charge in [0.1, 0.15) is 0 Å². The molecule has 1 aromatic heterocycles. The van der Waals surface area contributed by atoms with Crippen LogP contribution in [0.4, 0.5) is 0 Å². The van der Waals surface area contributed by atoms with E-state index in [0.717, 1.165) is 19.6 Å². The van der Waals surface area contributed by atoms with Gasteiger partial charge in [-0.05, 0) is 38.1 Å². The predicted molar refractivity (Wildman–Crippen MR) is 98.7 cm³/mol. The van der Waals surface area contributed by atoms with E-state index in [0.29, 0.717) is 29.7 Å². The van der Waals surface area contributed by atoms with Crippen molar-refractivity contribution in [3.8, 4) is 0 Å². The first kappa shape index (κ1) is 18.6. The maximum Gasteiger partial charge on any atom is 0.257 e. The summed E-state index contributed by atoms with van der Waals surface area (Å²) >= 11 is 1.46. The fourth-order valence-electron chi connectivity index (χ4n) is 3.88. The number of rotatable bonds is 5. The third-order valence-electron chi connectivity index (χ3n) is 5.35. The number of nitrogens with zero attached hydrogens (tertiary/aromatic N) is 4. The van der Waals surface area contributed by atoms with E-state index in [4.69, 9.17) is 0 Å². The Labute approximate surface area is 154 Å². The second-order valence-electron chi connectivity index (χ2n) is 7.09. The topological polar surface area (TPSA) is 69.6 Å². The highest BCUT2D eigenvalue weighted by Gasteiger charge is 2.36. The molecule has 2 fully saturated rings. The van der Waals surface area contributed by atoms with Crippen molar-refractivity contribution in [2.45, 2.75) is 30.8 Å². The summed E-state index contributed by atoms with van der Waals surface area (Å²) in [7, 11) is 0. The summed E-state index contributed by atoms with van der Waals surface area (Å²) in [4.78, 5) is 25.5. The highest BCUT2D eigenvalue weighted by atomic mass is 32.2. The number of amides is 1. The lowest BCUT2D eigenvalue weighted by atomic mass is 9.96. The maximum atomic E-state index is 12.7. The monoisotopic (exact) mass is 364 g/mol. The molecular weight excluding hydrogens is 336 g/mol. The van der Waals surface area contributed by atoms with E-state index in [1.54, 1.807) is 12.4 Å². The minimum absolute atomic E-state index is 0.0236. The van der Waals surface area contributed by atoms with Crippen LogP contribution in [-0.4, -0.2) is 76.4 Å². The third kappa shape index (κ3) is 4.71. The summed E-state index contributed by atoms with van der Waals surface area (Å²) in [6.45, 7) is 4.75. The molecule has 3 rings (SSSR count). The van der Waals surface area contributed by atoms with Gasteiger partial charge in [-0.15, -0.1) is 0 Å². The van der Waals surface area contributed by atoms with E-state index < -0.39 is 0 Å². The Hall–Kier alpha value is -1.18. The van der Waals surface area contributed by atoms with Crippen molar-refractivity contribution in [2.75, 3.05) is 45.6 Å². The molecule has 2 atom stereocenters. The Morgan fingerprint density at radius 1 is 1.16 bits per heavy atom. The summed E-state index contributed by atoms with van der Waals surface area (Å²) in [6, 6.07) is 0. The molecule has 2 aliphatic heterocycles. The summed E-state index contributed by atoms with van der Waals surface area (Å²) in [6.07, 6.45) is 10.3. The first-order valence-corrected chi connectivity index (χ1v) is 10.4. The lowest BCUT2D eigenvalue weighted by Gasteiger charge is -2.26. The molecule has 0 unspecified atom stereocenters. The van der Waals surface area contributed by atoms with Crippen molar-refractivity contribution in [1.29, 1.82) is 0 Å². The van der Waals surface area contributed by atoms with E-state index in [-0.39, 0.29) is 18.4 Å². The number of hydrogen-bond donors (Lipinski definition) is 1. The molecule has 2 saturated heterocycles. The molecule has 0 spiro atoms. The largest absolute Gasteiger partial charge is 0.396 e. The smallest absolute Gasteiger partial charge is 0.257 e. The highest BCUT2D eigenvalue weighted by Crippen LogP contribution is 2.26. The van der Waals surface area contributed by atoms with Crippen LogP contribution in [0.15, 0.2) is 17.6 Å². The van der Waals surface area contributed by atoms with E-state index in [1.165, 1.54) is 37.4 Å². The molecule has 0 saturated carbocycles. The van der Waals surface area contributed by atoms with Crippen molar-refractivity contribution < 1.29 is 9.90 Å². The van der Waals surface area contributed by atoms with E-state index in [1.807, 2.05) is 11.2 Å². The van der Waals surface area contributed by atoms with Crippen LogP contribution < -0.4 is 0 Å². The van der Waals surface area contributed by atoms with Gasteiger partial charge in [-0.3, -0.25) is 4.79 Å². The number of carbonyl (C=O) groups is 1. The molecule has 2 aliphatic rings. The van der Waals surface area contributed by atoms with Crippen molar-refractivity contribution in [3.63, 3.8) is 0 Å². The van der Waals surface area contributed by atoms with Gasteiger partial charge in [0.15, 0.2) is 5.16 Å². The fourth-order valence-corrected chi connectivity index (χ4v) is 4.20. The Morgan fingerprint density at radius 2 is 1.80 bits per heavy atom. The molecule has 0 bridgehead atoms. The van der Waals surface area contributed by atoms with Gasteiger partial charge >= 0.3 is 0 Å². The molecule has 25 heavy (non-hydrogen) atoms. The zero-order valence-electron chi connectivity index (χ0n) is 14.9. The average molecular weight is 365 g/mol. The predicted octanol–water partition coefficient (Wildman–Crippen LogP) is 1.76. The zero-order valence-corrected chi connectivity index (χ0v) is 15.7. The van der Waals surface area contributed by atoms with E-state index in [9.17, 15) is 9.90 Å². The molecule has 1 amide bonds. The van der Waals surface area contributed by atoms with Crippen molar-refractivity contribution in [1.82, 2.24) is 19.8 Å². The molecule has 3 heterocycles. The van der Waals surface area contributed by atoms with Crippen LogP contribution in [0.5, 0.6) is 0 Å². The third-order valence-corrected chi connectivity index (χ3v) is 5.92. The molecule has 1 N–H and O–H groups in total. The minimum atomic E-state index is -0.0236. The lowest BCUT2D eigenvalue weighted by Crippen LogP contribution is -2.35. The van der Waals surface area contributed by atoms with Gasteiger partial charge in [0.2, 0.25) is 0 Å². The van der Waals surface area contributed by atoms with Gasteiger partial charge in [0, 0.05) is 44.6 Å². The average Bonchev–Trinajstić information content (AvgIpc) is 2.88. The fraction of sp³-hybridized carbons (Fsp3) is 0.722. The number of carbonyl (C=O) groups excluding carboxylic acids is 1. The second kappa shape index (κ2) is 8.96. The molecule has 0 aliphatic carbocycles. The van der Waals surface area contributed by atoms with E-state index >= 15 is 0 Å². The first-order chi connectivity index (χ1) is 12.2. The number of thioether (sulfide) groups is 1. The molecular formula is C18H28N4O2S. The molecule has 7 heteroatoms. The van der Waals surface area contributed by atoms with Crippen LogP contribution in [0.1, 0.15) is 36.0 Å². The SMILES string of the molecule is CSc1ncc(C(=O)N2C[C@@H](CN3CCCCCC3)[C@@H](CO)C2)cn1. The summed E-state index contributed by atoms with van der Waals surface area (Å²) < 4.78 is 0. The van der Waals surface area contributed by atoms with Crippen molar-refractivity contribution in [3.05, 3.63) is 18.0 Å². The molecule has 6 nitrogen and oxygen atoms in total. The van der Waals surface area contributed by atoms with E-state index in [2.05, 4.69) is 14.9 Å². The van der Waals surface area contributed by atoms with Gasteiger partial charge in [-0.1, -0.05) is 24.6 Å². The normalized spacial score (nSPS) is 25.1. The van der Waals surface area contributed by atoms with Gasteiger partial charge < -0.3 is 14.9 Å². The summed E-state index contributed by atoms with van der Waals surface area (Å²) in [5, 5.41) is 10.4. The van der Waals surface area contributed by atoms with Crippen LogP contribution >= 0.6 is 11.8 Å². The summed E-state index contributed by atoms with van der Waals surface area (Å²) in [5.74, 6) is 0.488. The van der Waals surface area contributed by atoms with Gasteiger partial charge in [-0.25, -0.2) is 9.97 Å². The van der Waals surface area contributed by atoms with Gasteiger partial charge in [-0.2, -0.15) is 0 Å². The number of aromatic nitrogens is 2. The zero-order chi connectivity index (χ0) is 17.6. The van der Waals surface area contributed by atoms with Crippen LogP contribution in [-0.2, 0) is 0 Å². The molecule has 0 aromatic carbocycles. The Kier molecular flexibility index (Phi) is 6.67. The molecule has 0 radical (unpaired) electrons.